The first kappa shape index (κ1) is 11.7. The van der Waals surface area contributed by atoms with Gasteiger partial charge < -0.3 is 9.84 Å². The fourth-order valence-electron chi connectivity index (χ4n) is 1.22. The summed E-state index contributed by atoms with van der Waals surface area (Å²) in [5, 5.41) is 9.18. The van der Waals surface area contributed by atoms with Gasteiger partial charge in [-0.2, -0.15) is 13.2 Å². The van der Waals surface area contributed by atoms with Crippen LogP contribution in [0, 0.1) is 6.92 Å². The second kappa shape index (κ2) is 4.00. The third-order valence-electron chi connectivity index (χ3n) is 1.90. The summed E-state index contributed by atoms with van der Waals surface area (Å²) in [7, 11) is 0. The highest BCUT2D eigenvalue weighted by molar-refractivity contribution is 5.46. The molecule has 0 heterocycles. The smallest absolute Gasteiger partial charge is 0.419 e. The van der Waals surface area contributed by atoms with Gasteiger partial charge in [0.2, 0.25) is 0 Å². The van der Waals surface area contributed by atoms with Crippen molar-refractivity contribution in [3.05, 3.63) is 23.3 Å². The second-order valence-electron chi connectivity index (χ2n) is 3.07. The largest absolute Gasteiger partial charge is 0.507 e. The molecule has 1 N–H and O–H groups in total. The van der Waals surface area contributed by atoms with Gasteiger partial charge in [0, 0.05) is 6.07 Å². The van der Waals surface area contributed by atoms with Crippen molar-refractivity contribution in [3.8, 4) is 11.5 Å². The van der Waals surface area contributed by atoms with Crippen molar-refractivity contribution in [2.45, 2.75) is 20.0 Å². The lowest BCUT2D eigenvalue weighted by Crippen LogP contribution is -2.06. The molecule has 0 saturated heterocycles. The van der Waals surface area contributed by atoms with Gasteiger partial charge in [0.15, 0.2) is 0 Å². The molecule has 0 aliphatic heterocycles. The van der Waals surface area contributed by atoms with Crippen LogP contribution in [0.15, 0.2) is 12.1 Å². The minimum Gasteiger partial charge on any atom is -0.507 e. The van der Waals surface area contributed by atoms with Gasteiger partial charge in [0.1, 0.15) is 11.5 Å². The third kappa shape index (κ3) is 2.55. The van der Waals surface area contributed by atoms with Crippen molar-refractivity contribution in [2.24, 2.45) is 0 Å². The summed E-state index contributed by atoms with van der Waals surface area (Å²) < 4.78 is 42.1. The molecule has 1 aromatic carbocycles. The van der Waals surface area contributed by atoms with Crippen molar-refractivity contribution in [3.63, 3.8) is 0 Å². The molecule has 15 heavy (non-hydrogen) atoms. The normalized spacial score (nSPS) is 11.5. The number of halogens is 3. The van der Waals surface area contributed by atoms with Crippen LogP contribution in [0.4, 0.5) is 13.2 Å². The van der Waals surface area contributed by atoms with Gasteiger partial charge in [-0.3, -0.25) is 0 Å². The zero-order valence-electron chi connectivity index (χ0n) is 8.35. The highest BCUT2D eigenvalue weighted by atomic mass is 19.4. The van der Waals surface area contributed by atoms with Crippen molar-refractivity contribution in [1.82, 2.24) is 0 Å². The number of rotatable bonds is 2. The molecule has 1 aromatic rings. The average molecular weight is 220 g/mol. The van der Waals surface area contributed by atoms with E-state index in [1.165, 1.54) is 6.92 Å². The molecule has 0 saturated carbocycles. The average Bonchev–Trinajstić information content (AvgIpc) is 2.09. The Bertz CT molecular complexity index is 358. The van der Waals surface area contributed by atoms with E-state index in [1.807, 2.05) is 0 Å². The van der Waals surface area contributed by atoms with E-state index in [1.54, 1.807) is 6.92 Å². The number of alkyl halides is 3. The van der Waals surface area contributed by atoms with E-state index in [0.29, 0.717) is 12.2 Å². The molecule has 1 rings (SSSR count). The lowest BCUT2D eigenvalue weighted by molar-refractivity contribution is -0.138. The highest BCUT2D eigenvalue weighted by Gasteiger charge is 2.34. The van der Waals surface area contributed by atoms with E-state index in [4.69, 9.17) is 4.74 Å². The molecular formula is C10H11F3O2. The molecule has 0 aromatic heterocycles. The van der Waals surface area contributed by atoms with Gasteiger partial charge in [-0.1, -0.05) is 0 Å². The number of benzene rings is 1. The Labute approximate surface area is 85.3 Å². The Morgan fingerprint density at radius 2 is 1.93 bits per heavy atom. The first-order chi connectivity index (χ1) is 6.86. The second-order valence-corrected chi connectivity index (χ2v) is 3.07. The number of aryl methyl sites for hydroxylation is 1. The summed E-state index contributed by atoms with van der Waals surface area (Å²) >= 11 is 0. The van der Waals surface area contributed by atoms with Gasteiger partial charge in [-0.05, 0) is 25.5 Å². The molecule has 0 bridgehead atoms. The lowest BCUT2D eigenvalue weighted by Gasteiger charge is -2.13. The van der Waals surface area contributed by atoms with E-state index < -0.39 is 17.5 Å². The van der Waals surface area contributed by atoms with Crippen LogP contribution in [0.1, 0.15) is 18.1 Å². The van der Waals surface area contributed by atoms with E-state index in [9.17, 15) is 18.3 Å². The predicted molar refractivity (Wildman–Crippen MR) is 49.0 cm³/mol. The molecule has 0 aliphatic rings. The van der Waals surface area contributed by atoms with E-state index in [0.717, 1.165) is 12.1 Å². The zero-order valence-corrected chi connectivity index (χ0v) is 8.35. The standard InChI is InChI=1S/C10H11F3O2/c1-3-15-9-5-8(14)7(4-6(9)2)10(11,12)13/h4-5,14H,3H2,1-2H3. The SMILES string of the molecule is CCOc1cc(O)c(C(F)(F)F)cc1C. The van der Waals surface area contributed by atoms with Crippen molar-refractivity contribution in [1.29, 1.82) is 0 Å². The highest BCUT2D eigenvalue weighted by Crippen LogP contribution is 2.39. The molecule has 2 nitrogen and oxygen atoms in total. The first-order valence-electron chi connectivity index (χ1n) is 4.40. The maximum Gasteiger partial charge on any atom is 0.419 e. The van der Waals surface area contributed by atoms with Crippen LogP contribution >= 0.6 is 0 Å². The maximum absolute atomic E-state index is 12.3. The summed E-state index contributed by atoms with van der Waals surface area (Å²) in [6.45, 7) is 3.56. The molecule has 0 amide bonds. The first-order valence-corrected chi connectivity index (χ1v) is 4.40. The zero-order chi connectivity index (χ0) is 11.6. The van der Waals surface area contributed by atoms with Gasteiger partial charge >= 0.3 is 6.18 Å². The molecule has 0 spiro atoms. The van der Waals surface area contributed by atoms with Crippen LogP contribution in [0.5, 0.6) is 11.5 Å². The summed E-state index contributed by atoms with van der Waals surface area (Å²) in [5.74, 6) is -0.542. The quantitative estimate of drug-likeness (QED) is 0.829. The van der Waals surface area contributed by atoms with Crippen molar-refractivity contribution in [2.75, 3.05) is 6.61 Å². The molecule has 0 aliphatic carbocycles. The van der Waals surface area contributed by atoms with Crippen molar-refractivity contribution < 1.29 is 23.0 Å². The molecular weight excluding hydrogens is 209 g/mol. The van der Waals surface area contributed by atoms with Gasteiger partial charge in [-0.15, -0.1) is 0 Å². The van der Waals surface area contributed by atoms with E-state index in [-0.39, 0.29) is 5.75 Å². The topological polar surface area (TPSA) is 29.5 Å². The Kier molecular flexibility index (Phi) is 3.12. The molecule has 0 unspecified atom stereocenters. The van der Waals surface area contributed by atoms with Crippen LogP contribution in [0.2, 0.25) is 0 Å². The van der Waals surface area contributed by atoms with Crippen molar-refractivity contribution >= 4 is 0 Å². The molecule has 0 atom stereocenters. The van der Waals surface area contributed by atoms with Crippen LogP contribution in [0.3, 0.4) is 0 Å². The Morgan fingerprint density at radius 3 is 2.40 bits per heavy atom. The molecule has 0 radical (unpaired) electrons. The van der Waals surface area contributed by atoms with Crippen LogP contribution < -0.4 is 4.74 Å². The fourth-order valence-corrected chi connectivity index (χ4v) is 1.22. The Hall–Kier alpha value is -1.39. The number of ether oxygens (including phenoxy) is 1. The Balaban J connectivity index is 3.20. The van der Waals surface area contributed by atoms with Crippen LogP contribution in [-0.4, -0.2) is 11.7 Å². The molecule has 84 valence electrons. The summed E-state index contributed by atoms with van der Waals surface area (Å²) in [6.07, 6.45) is -4.54. The predicted octanol–water partition coefficient (Wildman–Crippen LogP) is 3.12. The Morgan fingerprint density at radius 1 is 1.33 bits per heavy atom. The molecule has 0 fully saturated rings. The van der Waals surface area contributed by atoms with Crippen LogP contribution in [0.25, 0.3) is 0 Å². The maximum atomic E-state index is 12.3. The number of hydrogen-bond donors (Lipinski definition) is 1. The van der Waals surface area contributed by atoms with E-state index in [2.05, 4.69) is 0 Å². The van der Waals surface area contributed by atoms with Crippen LogP contribution in [-0.2, 0) is 6.18 Å². The summed E-state index contributed by atoms with van der Waals surface area (Å²) in [4.78, 5) is 0. The number of aromatic hydroxyl groups is 1. The third-order valence-corrected chi connectivity index (χ3v) is 1.90. The molecule has 5 heteroatoms. The lowest BCUT2D eigenvalue weighted by atomic mass is 10.1. The van der Waals surface area contributed by atoms with Gasteiger partial charge in [-0.25, -0.2) is 0 Å². The van der Waals surface area contributed by atoms with Gasteiger partial charge in [0.25, 0.3) is 0 Å². The number of phenols is 1. The summed E-state index contributed by atoms with van der Waals surface area (Å²) in [6, 6.07) is 1.86. The summed E-state index contributed by atoms with van der Waals surface area (Å²) in [5.41, 5.74) is -0.689. The van der Waals surface area contributed by atoms with Gasteiger partial charge in [0.05, 0.1) is 12.2 Å². The number of phenolic OH excluding ortho intramolecular Hbond substituents is 1. The number of hydrogen-bond acceptors (Lipinski definition) is 2. The monoisotopic (exact) mass is 220 g/mol. The fraction of sp³-hybridized carbons (Fsp3) is 0.400. The minimum absolute atomic E-state index is 0.267. The van der Waals surface area contributed by atoms with E-state index >= 15 is 0 Å². The minimum atomic E-state index is -4.54.